The van der Waals surface area contributed by atoms with Crippen LogP contribution >= 0.6 is 0 Å². The van der Waals surface area contributed by atoms with Gasteiger partial charge >= 0.3 is 0 Å². The molecular weight excluding hydrogens is 534 g/mol. The average molecular weight is 578 g/mol. The lowest BCUT2D eigenvalue weighted by molar-refractivity contribution is -0.116. The Morgan fingerprint density at radius 3 is 2.70 bits per heavy atom. The molecule has 7 heteroatoms. The molecule has 2 heterocycles. The number of aryl methyl sites for hydroxylation is 2. The first-order valence-corrected chi connectivity index (χ1v) is 15.3. The van der Waals surface area contributed by atoms with Gasteiger partial charge < -0.3 is 16.0 Å². The second-order valence-corrected chi connectivity index (χ2v) is 12.5. The third kappa shape index (κ3) is 6.47. The van der Waals surface area contributed by atoms with Crippen molar-refractivity contribution in [3.05, 3.63) is 95.4 Å². The van der Waals surface area contributed by atoms with E-state index in [4.69, 9.17) is 5.41 Å². The van der Waals surface area contributed by atoms with Gasteiger partial charge in [0.25, 0.3) is 5.91 Å². The first-order chi connectivity index (χ1) is 20.6. The summed E-state index contributed by atoms with van der Waals surface area (Å²) in [6, 6.07) is 7.93. The van der Waals surface area contributed by atoms with Crippen LogP contribution in [0.15, 0.2) is 73.0 Å². The summed E-state index contributed by atoms with van der Waals surface area (Å²) in [6.45, 7) is 14.4. The molecule has 1 spiro atoms. The number of nitrogens with one attached hydrogen (secondary N) is 3. The molecule has 2 amide bonds. The zero-order valence-corrected chi connectivity index (χ0v) is 25.8. The van der Waals surface area contributed by atoms with Crippen LogP contribution in [0.3, 0.4) is 0 Å². The van der Waals surface area contributed by atoms with Crippen molar-refractivity contribution in [2.75, 3.05) is 23.7 Å². The number of carbonyl (C=O) groups excluding carboxylic acids is 2. The molecule has 2 aliphatic carbocycles. The molecule has 0 bridgehead atoms. The molecule has 224 valence electrons. The fourth-order valence-corrected chi connectivity index (χ4v) is 6.46. The molecule has 5 rings (SSSR count). The zero-order valence-electron chi connectivity index (χ0n) is 25.8. The predicted octanol–water partition coefficient (Wildman–Crippen LogP) is 6.86. The van der Waals surface area contributed by atoms with Gasteiger partial charge in [0.2, 0.25) is 5.91 Å². The molecule has 3 aliphatic rings. The second kappa shape index (κ2) is 12.3. The maximum atomic E-state index is 13.5. The largest absolute Gasteiger partial charge is 0.325 e. The first kappa shape index (κ1) is 30.4. The Morgan fingerprint density at radius 1 is 1.23 bits per heavy atom. The summed E-state index contributed by atoms with van der Waals surface area (Å²) >= 11 is 0. The number of hydrogen-bond acceptors (Lipinski definition) is 5. The normalized spacial score (nSPS) is 19.9. The van der Waals surface area contributed by atoms with Crippen molar-refractivity contribution >= 4 is 35.0 Å². The minimum absolute atomic E-state index is 0.0692. The van der Waals surface area contributed by atoms with E-state index in [9.17, 15) is 9.59 Å². The SMILES string of the molecule is C=C(C(=O)Nc1cc(NC(=O)CCN2CCCC2(C)C)cnc1C)C1CC=CC(c2cccc(CC)c2C=N)=CC12C=C2. The molecule has 1 fully saturated rings. The summed E-state index contributed by atoms with van der Waals surface area (Å²) in [6.07, 6.45) is 17.9. The monoisotopic (exact) mass is 577 g/mol. The lowest BCUT2D eigenvalue weighted by atomic mass is 9.78. The van der Waals surface area contributed by atoms with E-state index in [1.165, 1.54) is 6.21 Å². The van der Waals surface area contributed by atoms with E-state index < -0.39 is 0 Å². The maximum absolute atomic E-state index is 13.5. The van der Waals surface area contributed by atoms with Crippen LogP contribution in [0.1, 0.15) is 68.8 Å². The summed E-state index contributed by atoms with van der Waals surface area (Å²) in [7, 11) is 0. The van der Waals surface area contributed by atoms with Crippen LogP contribution in [0.2, 0.25) is 0 Å². The third-order valence-electron chi connectivity index (χ3n) is 9.28. The van der Waals surface area contributed by atoms with Gasteiger partial charge in [0.15, 0.2) is 0 Å². The number of pyridine rings is 1. The second-order valence-electron chi connectivity index (χ2n) is 12.5. The Bertz CT molecular complexity index is 1540. The minimum atomic E-state index is -0.373. The number of likely N-dealkylation sites (tertiary alicyclic amines) is 1. The molecule has 1 aliphatic heterocycles. The molecule has 1 aromatic heterocycles. The van der Waals surface area contributed by atoms with Crippen LogP contribution in [-0.4, -0.2) is 46.5 Å². The highest BCUT2D eigenvalue weighted by atomic mass is 16.2. The van der Waals surface area contributed by atoms with Crippen molar-refractivity contribution in [3.8, 4) is 0 Å². The van der Waals surface area contributed by atoms with Gasteiger partial charge in [-0.2, -0.15) is 0 Å². The smallest absolute Gasteiger partial charge is 0.251 e. The fourth-order valence-electron chi connectivity index (χ4n) is 6.46. The summed E-state index contributed by atoms with van der Waals surface area (Å²) < 4.78 is 0. The van der Waals surface area contributed by atoms with Crippen molar-refractivity contribution in [2.45, 2.75) is 65.3 Å². The van der Waals surface area contributed by atoms with Crippen molar-refractivity contribution in [1.82, 2.24) is 9.88 Å². The molecule has 0 saturated carbocycles. The molecule has 0 radical (unpaired) electrons. The van der Waals surface area contributed by atoms with E-state index in [2.05, 4.69) is 90.4 Å². The average Bonchev–Trinajstić information content (AvgIpc) is 3.72. The van der Waals surface area contributed by atoms with Crippen LogP contribution in [0.25, 0.3) is 5.57 Å². The summed E-state index contributed by atoms with van der Waals surface area (Å²) in [5, 5.41) is 14.0. The van der Waals surface area contributed by atoms with E-state index >= 15 is 0 Å². The molecule has 3 N–H and O–H groups in total. The van der Waals surface area contributed by atoms with Gasteiger partial charge in [-0.3, -0.25) is 19.5 Å². The maximum Gasteiger partial charge on any atom is 0.251 e. The minimum Gasteiger partial charge on any atom is -0.325 e. The van der Waals surface area contributed by atoms with Gasteiger partial charge in [-0.15, -0.1) is 0 Å². The molecular formula is C36H43N5O2. The Labute approximate surface area is 255 Å². The highest BCUT2D eigenvalue weighted by molar-refractivity contribution is 6.05. The number of hydrogen-bond donors (Lipinski definition) is 3. The van der Waals surface area contributed by atoms with Gasteiger partial charge in [-0.1, -0.05) is 62.1 Å². The number of carbonyl (C=O) groups is 2. The Hall–Kier alpha value is -4.10. The third-order valence-corrected chi connectivity index (χ3v) is 9.28. The number of nitrogens with zero attached hydrogens (tertiary/aromatic N) is 2. The topological polar surface area (TPSA) is 98.2 Å². The van der Waals surface area contributed by atoms with Crippen LogP contribution in [0.4, 0.5) is 11.4 Å². The van der Waals surface area contributed by atoms with Crippen molar-refractivity contribution < 1.29 is 9.59 Å². The molecule has 1 atom stereocenters. The van der Waals surface area contributed by atoms with Crippen molar-refractivity contribution in [3.63, 3.8) is 0 Å². The van der Waals surface area contributed by atoms with Gasteiger partial charge in [0.05, 0.1) is 23.3 Å². The van der Waals surface area contributed by atoms with Crippen LogP contribution in [0, 0.1) is 23.7 Å². The van der Waals surface area contributed by atoms with E-state index in [0.29, 0.717) is 35.5 Å². The summed E-state index contributed by atoms with van der Waals surface area (Å²) in [5.74, 6) is -0.466. The highest BCUT2D eigenvalue weighted by Gasteiger charge is 2.44. The van der Waals surface area contributed by atoms with Crippen molar-refractivity contribution in [2.24, 2.45) is 11.3 Å². The number of aromatic nitrogens is 1. The standard InChI is InChI=1S/C36H43N5O2/c1-6-26-10-7-12-29(30(26)22-37)27-11-8-13-31(36(21-27)16-17-36)24(2)34(43)40-32-20-28(23-38-25(32)3)39-33(42)14-19-41-18-9-15-35(41,4)5/h7-8,10-12,16-17,20-23,31,37H,2,6,9,13-15,18-19H2,1,3-5H3,(H,39,42)(H,40,43). The van der Waals surface area contributed by atoms with Gasteiger partial charge in [-0.25, -0.2) is 0 Å². The molecule has 1 unspecified atom stereocenters. The quantitative estimate of drug-likeness (QED) is 0.163. The summed E-state index contributed by atoms with van der Waals surface area (Å²) in [5.41, 5.74) is 6.16. The Balaban J connectivity index is 1.26. The van der Waals surface area contributed by atoms with E-state index in [1.54, 1.807) is 12.3 Å². The summed E-state index contributed by atoms with van der Waals surface area (Å²) in [4.78, 5) is 33.1. The number of rotatable bonds is 10. The van der Waals surface area contributed by atoms with E-state index in [0.717, 1.165) is 54.6 Å². The molecule has 1 saturated heterocycles. The first-order valence-electron chi connectivity index (χ1n) is 15.3. The molecule has 1 aromatic carbocycles. The van der Waals surface area contributed by atoms with Gasteiger partial charge in [0, 0.05) is 47.2 Å². The Morgan fingerprint density at radius 2 is 2.02 bits per heavy atom. The highest BCUT2D eigenvalue weighted by Crippen LogP contribution is 2.52. The van der Waals surface area contributed by atoms with E-state index in [-0.39, 0.29) is 28.7 Å². The molecule has 7 nitrogen and oxygen atoms in total. The number of benzene rings is 1. The molecule has 2 aromatic rings. The predicted molar refractivity (Wildman–Crippen MR) is 175 cm³/mol. The van der Waals surface area contributed by atoms with Crippen LogP contribution < -0.4 is 10.6 Å². The Kier molecular flexibility index (Phi) is 8.65. The molecule has 43 heavy (non-hydrogen) atoms. The number of allylic oxidation sites excluding steroid dienone is 6. The van der Waals surface area contributed by atoms with E-state index in [1.807, 2.05) is 13.0 Å². The van der Waals surface area contributed by atoms with Gasteiger partial charge in [-0.05, 0) is 75.8 Å². The van der Waals surface area contributed by atoms with Crippen LogP contribution in [-0.2, 0) is 16.0 Å². The van der Waals surface area contributed by atoms with Gasteiger partial charge in [0.1, 0.15) is 0 Å². The van der Waals surface area contributed by atoms with Crippen LogP contribution in [0.5, 0.6) is 0 Å². The lowest BCUT2D eigenvalue weighted by Gasteiger charge is -2.31. The number of amides is 2. The fraction of sp³-hybridized carbons (Fsp3) is 0.389. The number of anilines is 2. The van der Waals surface area contributed by atoms with Crippen molar-refractivity contribution in [1.29, 1.82) is 5.41 Å². The lowest BCUT2D eigenvalue weighted by Crippen LogP contribution is -2.39. The zero-order chi connectivity index (χ0) is 30.8.